The Morgan fingerprint density at radius 3 is 2.76 bits per heavy atom. The van der Waals surface area contributed by atoms with E-state index in [1.807, 2.05) is 12.3 Å². The van der Waals surface area contributed by atoms with Crippen molar-refractivity contribution in [2.24, 2.45) is 0 Å². The summed E-state index contributed by atoms with van der Waals surface area (Å²) in [5.41, 5.74) is 2.60. The number of piperidine rings is 1. The Kier molecular flexibility index (Phi) is 4.68. The van der Waals surface area contributed by atoms with E-state index in [9.17, 15) is 0 Å². The molecule has 112 valence electrons. The second-order valence-corrected chi connectivity index (χ2v) is 5.77. The predicted octanol–water partition coefficient (Wildman–Crippen LogP) is 2.87. The first kappa shape index (κ1) is 14.3. The fourth-order valence-corrected chi connectivity index (χ4v) is 3.05. The van der Waals surface area contributed by atoms with E-state index >= 15 is 0 Å². The van der Waals surface area contributed by atoms with Gasteiger partial charge in [-0.25, -0.2) is 0 Å². The molecular formula is C17H23N3O. The standard InChI is InChI=1S/C17H23N3O/c1-21-14-16-7-5-15(6-8-16)12-19-10-2-4-17(13-19)20-11-3-9-18-20/h3,5-9,11,17H,2,4,10,12-14H2,1H3/t17-/m0/s1. The Morgan fingerprint density at radius 1 is 1.24 bits per heavy atom. The highest BCUT2D eigenvalue weighted by Gasteiger charge is 2.21. The highest BCUT2D eigenvalue weighted by Crippen LogP contribution is 2.22. The van der Waals surface area contributed by atoms with E-state index in [0.29, 0.717) is 12.6 Å². The van der Waals surface area contributed by atoms with E-state index in [0.717, 1.165) is 13.1 Å². The maximum absolute atomic E-state index is 5.15. The van der Waals surface area contributed by atoms with Gasteiger partial charge in [-0.3, -0.25) is 9.58 Å². The van der Waals surface area contributed by atoms with Crippen LogP contribution in [0.2, 0.25) is 0 Å². The minimum absolute atomic E-state index is 0.515. The maximum Gasteiger partial charge on any atom is 0.0713 e. The molecule has 0 spiro atoms. The summed E-state index contributed by atoms with van der Waals surface area (Å²) >= 11 is 0. The van der Waals surface area contributed by atoms with Crippen LogP contribution in [-0.4, -0.2) is 34.9 Å². The molecule has 1 saturated heterocycles. The highest BCUT2D eigenvalue weighted by molar-refractivity contribution is 5.22. The monoisotopic (exact) mass is 285 g/mol. The summed E-state index contributed by atoms with van der Waals surface area (Å²) < 4.78 is 7.26. The Labute approximate surface area is 126 Å². The fourth-order valence-electron chi connectivity index (χ4n) is 3.05. The zero-order chi connectivity index (χ0) is 14.5. The molecule has 2 heterocycles. The molecule has 0 unspecified atom stereocenters. The lowest BCUT2D eigenvalue weighted by Gasteiger charge is -2.32. The summed E-state index contributed by atoms with van der Waals surface area (Å²) in [6.07, 6.45) is 6.42. The highest BCUT2D eigenvalue weighted by atomic mass is 16.5. The van der Waals surface area contributed by atoms with Crippen molar-refractivity contribution in [2.75, 3.05) is 20.2 Å². The molecule has 2 aromatic rings. The van der Waals surface area contributed by atoms with E-state index in [1.165, 1.54) is 30.5 Å². The minimum Gasteiger partial charge on any atom is -0.380 e. The van der Waals surface area contributed by atoms with Gasteiger partial charge in [0.05, 0.1) is 12.6 Å². The third-order valence-corrected chi connectivity index (χ3v) is 4.12. The van der Waals surface area contributed by atoms with Crippen molar-refractivity contribution < 1.29 is 4.74 Å². The van der Waals surface area contributed by atoms with Crippen LogP contribution in [0.15, 0.2) is 42.7 Å². The van der Waals surface area contributed by atoms with E-state index in [-0.39, 0.29) is 0 Å². The molecule has 0 saturated carbocycles. The molecule has 0 bridgehead atoms. The zero-order valence-electron chi connectivity index (χ0n) is 12.6. The molecule has 3 rings (SSSR count). The maximum atomic E-state index is 5.15. The summed E-state index contributed by atoms with van der Waals surface area (Å²) in [6, 6.07) is 11.3. The lowest BCUT2D eigenvalue weighted by atomic mass is 10.0. The molecule has 0 aliphatic carbocycles. The fraction of sp³-hybridized carbons (Fsp3) is 0.471. The van der Waals surface area contributed by atoms with Gasteiger partial charge < -0.3 is 4.74 Å². The zero-order valence-corrected chi connectivity index (χ0v) is 12.6. The molecule has 4 heteroatoms. The predicted molar refractivity (Wildman–Crippen MR) is 82.9 cm³/mol. The van der Waals surface area contributed by atoms with Crippen LogP contribution in [0.3, 0.4) is 0 Å². The van der Waals surface area contributed by atoms with Crippen LogP contribution in [-0.2, 0) is 17.9 Å². The van der Waals surface area contributed by atoms with Crippen molar-refractivity contribution in [2.45, 2.75) is 32.0 Å². The van der Waals surface area contributed by atoms with Gasteiger partial charge in [-0.15, -0.1) is 0 Å². The van der Waals surface area contributed by atoms with Gasteiger partial charge in [0, 0.05) is 32.6 Å². The average molecular weight is 285 g/mol. The SMILES string of the molecule is COCc1ccc(CN2CCC[C@H](n3cccn3)C2)cc1. The van der Waals surface area contributed by atoms with Crippen LogP contribution in [0, 0.1) is 0 Å². The normalized spacial score (nSPS) is 19.8. The van der Waals surface area contributed by atoms with Gasteiger partial charge in [-0.2, -0.15) is 5.10 Å². The largest absolute Gasteiger partial charge is 0.380 e. The van der Waals surface area contributed by atoms with Crippen LogP contribution in [0.4, 0.5) is 0 Å². The van der Waals surface area contributed by atoms with Crippen LogP contribution < -0.4 is 0 Å². The van der Waals surface area contributed by atoms with Gasteiger partial charge in [0.2, 0.25) is 0 Å². The summed E-state index contributed by atoms with van der Waals surface area (Å²) in [6.45, 7) is 3.97. The van der Waals surface area contributed by atoms with E-state index in [4.69, 9.17) is 4.74 Å². The third-order valence-electron chi connectivity index (χ3n) is 4.12. The summed E-state index contributed by atoms with van der Waals surface area (Å²) in [4.78, 5) is 2.53. The van der Waals surface area contributed by atoms with Crippen molar-refractivity contribution in [1.82, 2.24) is 14.7 Å². The molecule has 1 aromatic carbocycles. The number of likely N-dealkylation sites (tertiary alicyclic amines) is 1. The van der Waals surface area contributed by atoms with Crippen molar-refractivity contribution in [1.29, 1.82) is 0 Å². The van der Waals surface area contributed by atoms with Gasteiger partial charge in [-0.1, -0.05) is 24.3 Å². The number of ether oxygens (including phenoxy) is 1. The molecule has 0 N–H and O–H groups in total. The van der Waals surface area contributed by atoms with Gasteiger partial charge >= 0.3 is 0 Å². The van der Waals surface area contributed by atoms with Crippen LogP contribution >= 0.6 is 0 Å². The second-order valence-electron chi connectivity index (χ2n) is 5.77. The average Bonchev–Trinajstić information content (AvgIpc) is 3.04. The van der Waals surface area contributed by atoms with Gasteiger partial charge in [0.25, 0.3) is 0 Å². The Morgan fingerprint density at radius 2 is 2.05 bits per heavy atom. The molecule has 4 nitrogen and oxygen atoms in total. The van der Waals surface area contributed by atoms with Crippen LogP contribution in [0.1, 0.15) is 30.0 Å². The number of hydrogen-bond donors (Lipinski definition) is 0. The van der Waals surface area contributed by atoms with Crippen molar-refractivity contribution in [3.63, 3.8) is 0 Å². The smallest absolute Gasteiger partial charge is 0.0713 e. The first-order valence-corrected chi connectivity index (χ1v) is 7.63. The summed E-state index contributed by atoms with van der Waals surface area (Å²) in [5.74, 6) is 0. The number of benzene rings is 1. The summed E-state index contributed by atoms with van der Waals surface area (Å²) in [5, 5.41) is 4.39. The molecule has 1 aliphatic heterocycles. The molecule has 0 radical (unpaired) electrons. The van der Waals surface area contributed by atoms with Crippen molar-refractivity contribution >= 4 is 0 Å². The molecule has 1 aromatic heterocycles. The second kappa shape index (κ2) is 6.87. The first-order chi connectivity index (χ1) is 10.3. The number of rotatable bonds is 5. The van der Waals surface area contributed by atoms with Gasteiger partial charge in [0.1, 0.15) is 0 Å². The van der Waals surface area contributed by atoms with E-state index in [2.05, 4.69) is 45.1 Å². The van der Waals surface area contributed by atoms with Crippen LogP contribution in [0.5, 0.6) is 0 Å². The Hall–Kier alpha value is -1.65. The molecule has 1 fully saturated rings. The molecule has 0 amide bonds. The molecule has 1 aliphatic rings. The number of nitrogens with zero attached hydrogens (tertiary/aromatic N) is 3. The van der Waals surface area contributed by atoms with Crippen molar-refractivity contribution in [3.05, 3.63) is 53.9 Å². The lowest BCUT2D eigenvalue weighted by Crippen LogP contribution is -2.36. The Balaban J connectivity index is 1.59. The van der Waals surface area contributed by atoms with E-state index < -0.39 is 0 Å². The quantitative estimate of drug-likeness (QED) is 0.846. The molecule has 1 atom stereocenters. The lowest BCUT2D eigenvalue weighted by molar-refractivity contribution is 0.163. The summed E-state index contributed by atoms with van der Waals surface area (Å²) in [7, 11) is 1.73. The number of aromatic nitrogens is 2. The van der Waals surface area contributed by atoms with Gasteiger partial charge in [0.15, 0.2) is 0 Å². The molecular weight excluding hydrogens is 262 g/mol. The van der Waals surface area contributed by atoms with Gasteiger partial charge in [-0.05, 0) is 36.6 Å². The van der Waals surface area contributed by atoms with Crippen LogP contribution in [0.25, 0.3) is 0 Å². The third kappa shape index (κ3) is 3.71. The molecule has 21 heavy (non-hydrogen) atoms. The van der Waals surface area contributed by atoms with Crippen molar-refractivity contribution in [3.8, 4) is 0 Å². The number of methoxy groups -OCH3 is 1. The number of hydrogen-bond acceptors (Lipinski definition) is 3. The first-order valence-electron chi connectivity index (χ1n) is 7.63. The topological polar surface area (TPSA) is 30.3 Å². The van der Waals surface area contributed by atoms with E-state index in [1.54, 1.807) is 7.11 Å². The minimum atomic E-state index is 0.515. The Bertz CT molecular complexity index is 536.